The van der Waals surface area contributed by atoms with E-state index in [1.807, 2.05) is 32.0 Å². The Kier molecular flexibility index (Phi) is 7.38. The minimum absolute atomic E-state index is 0.200. The first kappa shape index (κ1) is 19.7. The molecular formula is C20H27N3O3. The molecule has 1 aromatic heterocycles. The summed E-state index contributed by atoms with van der Waals surface area (Å²) in [6, 6.07) is 5.51. The molecule has 1 unspecified atom stereocenters. The van der Waals surface area contributed by atoms with Crippen LogP contribution < -0.4 is 14.8 Å². The maximum absolute atomic E-state index is 12.3. The quantitative estimate of drug-likeness (QED) is 0.690. The SMILES string of the molecule is CCCCCOc1ccc(C(C)NC(=O)c2cnc(C)cn2)cc1OC. The molecular weight excluding hydrogens is 330 g/mol. The van der Waals surface area contributed by atoms with Crippen molar-refractivity contribution >= 4 is 5.91 Å². The molecule has 1 N–H and O–H groups in total. The standard InChI is InChI=1S/C20H27N3O3/c1-5-6-7-10-26-18-9-8-16(11-19(18)25-4)15(3)23-20(24)17-13-21-14(2)12-22-17/h8-9,11-13,15H,5-7,10H2,1-4H3,(H,23,24). The number of methoxy groups -OCH3 is 1. The number of hydrogen-bond acceptors (Lipinski definition) is 5. The van der Waals surface area contributed by atoms with Crippen molar-refractivity contribution in [2.75, 3.05) is 13.7 Å². The average Bonchev–Trinajstić information content (AvgIpc) is 2.65. The number of hydrogen-bond donors (Lipinski definition) is 1. The van der Waals surface area contributed by atoms with Crippen molar-refractivity contribution in [1.29, 1.82) is 0 Å². The van der Waals surface area contributed by atoms with Gasteiger partial charge in [0.05, 0.1) is 31.6 Å². The summed E-state index contributed by atoms with van der Waals surface area (Å²) in [4.78, 5) is 20.5. The van der Waals surface area contributed by atoms with Crippen LogP contribution in [0.1, 0.15) is 60.9 Å². The van der Waals surface area contributed by atoms with Crippen molar-refractivity contribution in [2.45, 2.75) is 46.1 Å². The molecule has 0 radical (unpaired) electrons. The molecule has 6 heteroatoms. The summed E-state index contributed by atoms with van der Waals surface area (Å²) in [5.74, 6) is 1.12. The fourth-order valence-corrected chi connectivity index (χ4v) is 2.47. The van der Waals surface area contributed by atoms with Crippen molar-refractivity contribution < 1.29 is 14.3 Å². The Hall–Kier alpha value is -2.63. The van der Waals surface area contributed by atoms with Gasteiger partial charge in [-0.05, 0) is 38.0 Å². The van der Waals surface area contributed by atoms with Crippen LogP contribution in [0.4, 0.5) is 0 Å². The molecule has 1 amide bonds. The Labute approximate surface area is 155 Å². The highest BCUT2D eigenvalue weighted by molar-refractivity contribution is 5.92. The number of carbonyl (C=O) groups excluding carboxylic acids is 1. The predicted molar refractivity (Wildman–Crippen MR) is 101 cm³/mol. The molecule has 1 heterocycles. The van der Waals surface area contributed by atoms with Gasteiger partial charge in [-0.3, -0.25) is 9.78 Å². The fraction of sp³-hybridized carbons (Fsp3) is 0.450. The van der Waals surface area contributed by atoms with Crippen LogP contribution >= 0.6 is 0 Å². The molecule has 0 spiro atoms. The van der Waals surface area contributed by atoms with Gasteiger partial charge < -0.3 is 14.8 Å². The van der Waals surface area contributed by atoms with E-state index < -0.39 is 0 Å². The zero-order valence-electron chi connectivity index (χ0n) is 15.9. The highest BCUT2D eigenvalue weighted by Crippen LogP contribution is 2.30. The van der Waals surface area contributed by atoms with Gasteiger partial charge in [-0.15, -0.1) is 0 Å². The summed E-state index contributed by atoms with van der Waals surface area (Å²) in [6.45, 7) is 6.57. The highest BCUT2D eigenvalue weighted by Gasteiger charge is 2.15. The second-order valence-electron chi connectivity index (χ2n) is 6.20. The van der Waals surface area contributed by atoms with Crippen molar-refractivity contribution in [1.82, 2.24) is 15.3 Å². The van der Waals surface area contributed by atoms with E-state index in [2.05, 4.69) is 22.2 Å². The number of nitrogens with zero attached hydrogens (tertiary/aromatic N) is 2. The highest BCUT2D eigenvalue weighted by atomic mass is 16.5. The molecule has 0 saturated carbocycles. The summed E-state index contributed by atoms with van der Waals surface area (Å²) < 4.78 is 11.2. The number of carbonyl (C=O) groups is 1. The molecule has 1 atom stereocenters. The van der Waals surface area contributed by atoms with E-state index in [1.54, 1.807) is 13.3 Å². The lowest BCUT2D eigenvalue weighted by Gasteiger charge is -2.17. The molecule has 2 aromatic rings. The molecule has 0 aliphatic heterocycles. The first-order chi connectivity index (χ1) is 12.5. The molecule has 0 aliphatic rings. The van der Waals surface area contributed by atoms with Gasteiger partial charge in [0.15, 0.2) is 11.5 Å². The smallest absolute Gasteiger partial charge is 0.271 e. The number of amides is 1. The van der Waals surface area contributed by atoms with Gasteiger partial charge in [-0.2, -0.15) is 0 Å². The molecule has 0 bridgehead atoms. The number of benzene rings is 1. The van der Waals surface area contributed by atoms with Crippen molar-refractivity contribution in [3.8, 4) is 11.5 Å². The van der Waals surface area contributed by atoms with E-state index in [0.29, 0.717) is 18.1 Å². The number of nitrogens with one attached hydrogen (secondary N) is 1. The van der Waals surface area contributed by atoms with Crippen LogP contribution in [0.2, 0.25) is 0 Å². The van der Waals surface area contributed by atoms with E-state index in [0.717, 1.165) is 36.3 Å². The Balaban J connectivity index is 2.02. The predicted octanol–water partition coefficient (Wildman–Crippen LogP) is 3.85. The second-order valence-corrected chi connectivity index (χ2v) is 6.20. The lowest BCUT2D eigenvalue weighted by atomic mass is 10.1. The third-order valence-electron chi connectivity index (χ3n) is 4.05. The summed E-state index contributed by atoms with van der Waals surface area (Å²) in [6.07, 6.45) is 6.37. The van der Waals surface area contributed by atoms with Crippen molar-refractivity contribution in [2.24, 2.45) is 0 Å². The van der Waals surface area contributed by atoms with Gasteiger partial charge in [0.2, 0.25) is 0 Å². The minimum atomic E-state index is -0.260. The summed E-state index contributed by atoms with van der Waals surface area (Å²) in [5.41, 5.74) is 2.00. The van der Waals surface area contributed by atoms with Gasteiger partial charge in [0.1, 0.15) is 5.69 Å². The van der Waals surface area contributed by atoms with E-state index in [4.69, 9.17) is 9.47 Å². The van der Waals surface area contributed by atoms with Gasteiger partial charge in [0, 0.05) is 6.20 Å². The normalized spacial score (nSPS) is 11.7. The van der Waals surface area contributed by atoms with Crippen molar-refractivity contribution in [3.05, 3.63) is 47.5 Å². The molecule has 140 valence electrons. The molecule has 6 nitrogen and oxygen atoms in total. The zero-order valence-corrected chi connectivity index (χ0v) is 15.9. The van der Waals surface area contributed by atoms with Crippen LogP contribution in [-0.2, 0) is 0 Å². The first-order valence-electron chi connectivity index (χ1n) is 8.95. The van der Waals surface area contributed by atoms with E-state index in [9.17, 15) is 4.79 Å². The number of ether oxygens (including phenoxy) is 2. The second kappa shape index (κ2) is 9.75. The van der Waals surface area contributed by atoms with Crippen LogP contribution in [0.25, 0.3) is 0 Å². The van der Waals surface area contributed by atoms with Crippen LogP contribution in [-0.4, -0.2) is 29.6 Å². The number of aryl methyl sites for hydroxylation is 1. The first-order valence-corrected chi connectivity index (χ1v) is 8.95. The van der Waals surface area contributed by atoms with Crippen LogP contribution in [0.5, 0.6) is 11.5 Å². The van der Waals surface area contributed by atoms with Crippen LogP contribution in [0.15, 0.2) is 30.6 Å². The summed E-state index contributed by atoms with van der Waals surface area (Å²) in [5, 5.41) is 2.92. The Morgan fingerprint density at radius 2 is 2.00 bits per heavy atom. The molecule has 26 heavy (non-hydrogen) atoms. The van der Waals surface area contributed by atoms with Crippen molar-refractivity contribution in [3.63, 3.8) is 0 Å². The van der Waals surface area contributed by atoms with E-state index in [-0.39, 0.29) is 11.9 Å². The topological polar surface area (TPSA) is 73.3 Å². The summed E-state index contributed by atoms with van der Waals surface area (Å²) in [7, 11) is 1.61. The third-order valence-corrected chi connectivity index (χ3v) is 4.05. The average molecular weight is 357 g/mol. The number of rotatable bonds is 9. The Bertz CT molecular complexity index is 717. The van der Waals surface area contributed by atoms with Gasteiger partial charge >= 0.3 is 0 Å². The van der Waals surface area contributed by atoms with Crippen LogP contribution in [0.3, 0.4) is 0 Å². The fourth-order valence-electron chi connectivity index (χ4n) is 2.47. The number of aromatic nitrogens is 2. The molecule has 0 aliphatic carbocycles. The maximum Gasteiger partial charge on any atom is 0.271 e. The third kappa shape index (κ3) is 5.44. The van der Waals surface area contributed by atoms with E-state index >= 15 is 0 Å². The Morgan fingerprint density at radius 1 is 1.19 bits per heavy atom. The van der Waals surface area contributed by atoms with E-state index in [1.165, 1.54) is 6.20 Å². The van der Waals surface area contributed by atoms with Gasteiger partial charge in [-0.1, -0.05) is 25.8 Å². The zero-order chi connectivity index (χ0) is 18.9. The van der Waals surface area contributed by atoms with Gasteiger partial charge in [-0.25, -0.2) is 4.98 Å². The summed E-state index contributed by atoms with van der Waals surface area (Å²) >= 11 is 0. The lowest BCUT2D eigenvalue weighted by molar-refractivity contribution is 0.0934. The van der Waals surface area contributed by atoms with Gasteiger partial charge in [0.25, 0.3) is 5.91 Å². The number of unbranched alkanes of at least 4 members (excludes halogenated alkanes) is 2. The molecule has 1 aromatic carbocycles. The minimum Gasteiger partial charge on any atom is -0.493 e. The monoisotopic (exact) mass is 357 g/mol. The molecule has 0 fully saturated rings. The Morgan fingerprint density at radius 3 is 2.65 bits per heavy atom. The maximum atomic E-state index is 12.3. The molecule has 2 rings (SSSR count). The van der Waals surface area contributed by atoms with Crippen LogP contribution in [0, 0.1) is 6.92 Å². The molecule has 0 saturated heterocycles. The lowest BCUT2D eigenvalue weighted by Crippen LogP contribution is -2.27. The largest absolute Gasteiger partial charge is 0.493 e.